The van der Waals surface area contributed by atoms with Crippen molar-refractivity contribution in [2.75, 3.05) is 11.1 Å². The van der Waals surface area contributed by atoms with E-state index in [2.05, 4.69) is 5.32 Å². The molecule has 0 aliphatic heterocycles. The molecular formula is C13H14N2OS. The second-order valence-electron chi connectivity index (χ2n) is 3.96. The van der Waals surface area contributed by atoms with Gasteiger partial charge in [-0.15, -0.1) is 11.3 Å². The Bertz CT molecular complexity index is 547. The summed E-state index contributed by atoms with van der Waals surface area (Å²) in [5.41, 5.74) is 9.31. The summed E-state index contributed by atoms with van der Waals surface area (Å²) < 4.78 is 0. The Morgan fingerprint density at radius 3 is 2.71 bits per heavy atom. The monoisotopic (exact) mass is 246 g/mol. The van der Waals surface area contributed by atoms with Crippen LogP contribution in [0.2, 0.25) is 0 Å². The van der Waals surface area contributed by atoms with Crippen molar-refractivity contribution in [3.63, 3.8) is 0 Å². The maximum atomic E-state index is 11.9. The van der Waals surface area contributed by atoms with Crippen molar-refractivity contribution in [2.45, 2.75) is 13.8 Å². The average Bonchev–Trinajstić information content (AvgIpc) is 2.79. The molecule has 1 aromatic heterocycles. The SMILES string of the molecule is Cc1cc(NC(=O)c2cccs2)c(C)cc1N. The number of carbonyl (C=O) groups excluding carboxylic acids is 1. The molecule has 1 heterocycles. The lowest BCUT2D eigenvalue weighted by Crippen LogP contribution is -2.11. The van der Waals surface area contributed by atoms with Crippen LogP contribution in [0.25, 0.3) is 0 Å². The van der Waals surface area contributed by atoms with Gasteiger partial charge < -0.3 is 11.1 Å². The van der Waals surface area contributed by atoms with E-state index in [9.17, 15) is 4.79 Å². The van der Waals surface area contributed by atoms with E-state index < -0.39 is 0 Å². The average molecular weight is 246 g/mol. The van der Waals surface area contributed by atoms with Gasteiger partial charge in [0, 0.05) is 11.4 Å². The van der Waals surface area contributed by atoms with Gasteiger partial charge in [-0.2, -0.15) is 0 Å². The molecule has 0 saturated carbocycles. The van der Waals surface area contributed by atoms with Crippen molar-refractivity contribution in [3.8, 4) is 0 Å². The van der Waals surface area contributed by atoms with Gasteiger partial charge in [0.25, 0.3) is 5.91 Å². The van der Waals surface area contributed by atoms with Crippen LogP contribution in [-0.2, 0) is 0 Å². The first kappa shape index (κ1) is 11.7. The Hall–Kier alpha value is -1.81. The third kappa shape index (κ3) is 2.47. The van der Waals surface area contributed by atoms with Gasteiger partial charge in [-0.3, -0.25) is 4.79 Å². The van der Waals surface area contributed by atoms with Gasteiger partial charge >= 0.3 is 0 Å². The van der Waals surface area contributed by atoms with E-state index in [4.69, 9.17) is 5.73 Å². The molecule has 2 aromatic rings. The highest BCUT2D eigenvalue weighted by Crippen LogP contribution is 2.23. The Morgan fingerprint density at radius 2 is 2.06 bits per heavy atom. The highest BCUT2D eigenvalue weighted by molar-refractivity contribution is 7.12. The second-order valence-corrected chi connectivity index (χ2v) is 4.90. The smallest absolute Gasteiger partial charge is 0.265 e. The predicted octanol–water partition coefficient (Wildman–Crippen LogP) is 3.20. The summed E-state index contributed by atoms with van der Waals surface area (Å²) in [5, 5.41) is 4.78. The number of rotatable bonds is 2. The van der Waals surface area contributed by atoms with Crippen LogP contribution in [0.4, 0.5) is 11.4 Å². The summed E-state index contributed by atoms with van der Waals surface area (Å²) in [5.74, 6) is -0.0766. The minimum atomic E-state index is -0.0766. The van der Waals surface area contributed by atoms with Crippen molar-refractivity contribution in [2.24, 2.45) is 0 Å². The standard InChI is InChI=1S/C13H14N2OS/c1-8-7-11(9(2)6-10(8)14)15-13(16)12-4-3-5-17-12/h3-7H,14H2,1-2H3,(H,15,16). The number of carbonyl (C=O) groups is 1. The minimum Gasteiger partial charge on any atom is -0.399 e. The van der Waals surface area contributed by atoms with E-state index in [-0.39, 0.29) is 5.91 Å². The second kappa shape index (κ2) is 4.59. The van der Waals surface area contributed by atoms with E-state index in [1.165, 1.54) is 11.3 Å². The molecule has 88 valence electrons. The molecule has 0 aliphatic carbocycles. The first-order valence-electron chi connectivity index (χ1n) is 5.29. The molecular weight excluding hydrogens is 232 g/mol. The van der Waals surface area contributed by atoms with Gasteiger partial charge in [0.1, 0.15) is 0 Å². The van der Waals surface area contributed by atoms with E-state index in [0.717, 1.165) is 22.5 Å². The van der Waals surface area contributed by atoms with Crippen LogP contribution >= 0.6 is 11.3 Å². The van der Waals surface area contributed by atoms with Gasteiger partial charge in [-0.05, 0) is 48.6 Å². The number of aryl methyl sites for hydroxylation is 2. The molecule has 0 unspecified atom stereocenters. The van der Waals surface area contributed by atoms with E-state index in [1.807, 2.05) is 37.4 Å². The van der Waals surface area contributed by atoms with Crippen LogP contribution in [-0.4, -0.2) is 5.91 Å². The molecule has 2 rings (SSSR count). The molecule has 1 aromatic carbocycles. The molecule has 3 N–H and O–H groups in total. The fourth-order valence-electron chi connectivity index (χ4n) is 1.56. The number of benzene rings is 1. The van der Waals surface area contributed by atoms with Crippen molar-refractivity contribution in [1.82, 2.24) is 0 Å². The molecule has 0 saturated heterocycles. The Kier molecular flexibility index (Phi) is 3.15. The molecule has 0 fully saturated rings. The summed E-state index contributed by atoms with van der Waals surface area (Å²) in [6.07, 6.45) is 0. The van der Waals surface area contributed by atoms with Crippen molar-refractivity contribution in [1.29, 1.82) is 0 Å². The van der Waals surface area contributed by atoms with Crippen LogP contribution in [0.5, 0.6) is 0 Å². The Balaban J connectivity index is 2.25. The minimum absolute atomic E-state index is 0.0766. The van der Waals surface area contributed by atoms with Crippen molar-refractivity contribution >= 4 is 28.6 Å². The fraction of sp³-hybridized carbons (Fsp3) is 0.154. The third-order valence-corrected chi connectivity index (χ3v) is 3.47. The van der Waals surface area contributed by atoms with Gasteiger partial charge in [0.2, 0.25) is 0 Å². The zero-order chi connectivity index (χ0) is 12.4. The van der Waals surface area contributed by atoms with Gasteiger partial charge in [-0.1, -0.05) is 6.07 Å². The number of anilines is 2. The van der Waals surface area contributed by atoms with Crippen LogP contribution in [0, 0.1) is 13.8 Å². The highest BCUT2D eigenvalue weighted by atomic mass is 32.1. The van der Waals surface area contributed by atoms with Gasteiger partial charge in [-0.25, -0.2) is 0 Å². The first-order valence-corrected chi connectivity index (χ1v) is 6.17. The van der Waals surface area contributed by atoms with Gasteiger partial charge in [0.15, 0.2) is 0 Å². The number of nitrogens with two attached hydrogens (primary N) is 1. The van der Waals surface area contributed by atoms with Crippen LogP contribution < -0.4 is 11.1 Å². The molecule has 0 aliphatic rings. The zero-order valence-electron chi connectivity index (χ0n) is 9.78. The lowest BCUT2D eigenvalue weighted by Gasteiger charge is -2.10. The highest BCUT2D eigenvalue weighted by Gasteiger charge is 2.09. The molecule has 0 spiro atoms. The van der Waals surface area contributed by atoms with Crippen LogP contribution in [0.1, 0.15) is 20.8 Å². The maximum Gasteiger partial charge on any atom is 0.265 e. The molecule has 0 radical (unpaired) electrons. The van der Waals surface area contributed by atoms with E-state index in [0.29, 0.717) is 4.88 Å². The third-order valence-electron chi connectivity index (χ3n) is 2.61. The predicted molar refractivity (Wildman–Crippen MR) is 72.6 cm³/mol. The first-order chi connectivity index (χ1) is 8.08. The fourth-order valence-corrected chi connectivity index (χ4v) is 2.18. The molecule has 0 bridgehead atoms. The number of amides is 1. The molecule has 3 nitrogen and oxygen atoms in total. The topological polar surface area (TPSA) is 55.1 Å². The van der Waals surface area contributed by atoms with Crippen LogP contribution in [0.3, 0.4) is 0 Å². The lowest BCUT2D eigenvalue weighted by atomic mass is 10.1. The number of nitrogens with one attached hydrogen (secondary N) is 1. The summed E-state index contributed by atoms with van der Waals surface area (Å²) in [7, 11) is 0. The Labute approximate surface area is 104 Å². The molecule has 1 amide bonds. The molecule has 0 atom stereocenters. The lowest BCUT2D eigenvalue weighted by molar-refractivity contribution is 0.103. The quantitative estimate of drug-likeness (QED) is 0.799. The number of hydrogen-bond donors (Lipinski definition) is 2. The summed E-state index contributed by atoms with van der Waals surface area (Å²) in [6, 6.07) is 7.44. The Morgan fingerprint density at radius 1 is 1.29 bits per heavy atom. The van der Waals surface area contributed by atoms with E-state index >= 15 is 0 Å². The van der Waals surface area contributed by atoms with Gasteiger partial charge in [0.05, 0.1) is 4.88 Å². The van der Waals surface area contributed by atoms with Crippen molar-refractivity contribution < 1.29 is 4.79 Å². The maximum absolute atomic E-state index is 11.9. The largest absolute Gasteiger partial charge is 0.399 e. The summed E-state index contributed by atoms with van der Waals surface area (Å²) in [4.78, 5) is 12.6. The van der Waals surface area contributed by atoms with Crippen LogP contribution in [0.15, 0.2) is 29.6 Å². The zero-order valence-corrected chi connectivity index (χ0v) is 10.6. The molecule has 17 heavy (non-hydrogen) atoms. The normalized spacial score (nSPS) is 10.2. The van der Waals surface area contributed by atoms with Crippen molar-refractivity contribution in [3.05, 3.63) is 45.6 Å². The number of thiophene rings is 1. The number of nitrogen functional groups attached to an aromatic ring is 1. The van der Waals surface area contributed by atoms with E-state index in [1.54, 1.807) is 6.07 Å². The summed E-state index contributed by atoms with van der Waals surface area (Å²) >= 11 is 1.43. The summed E-state index contributed by atoms with van der Waals surface area (Å²) in [6.45, 7) is 3.86. The molecule has 4 heteroatoms. The number of hydrogen-bond acceptors (Lipinski definition) is 3.